The van der Waals surface area contributed by atoms with E-state index in [2.05, 4.69) is 28.5 Å². The average Bonchev–Trinajstić information content (AvgIpc) is 3.28. The lowest BCUT2D eigenvalue weighted by molar-refractivity contribution is 0.475. The molecule has 0 atom stereocenters. The molecule has 1 aromatic rings. The van der Waals surface area contributed by atoms with Gasteiger partial charge in [-0.15, -0.1) is 12.8 Å². The molecule has 1 aromatic carbocycles. The summed E-state index contributed by atoms with van der Waals surface area (Å²) in [6, 6.07) is 7.30. The van der Waals surface area contributed by atoms with Gasteiger partial charge in [-0.2, -0.15) is 0 Å². The molecule has 1 saturated heterocycles. The molecule has 0 radical (unpaired) electrons. The van der Waals surface area contributed by atoms with Crippen LogP contribution in [0, 0.1) is 12.8 Å². The van der Waals surface area contributed by atoms with Gasteiger partial charge in [0.2, 0.25) is 0 Å². The van der Waals surface area contributed by atoms with E-state index < -0.39 is 0 Å². The van der Waals surface area contributed by atoms with Crippen LogP contribution in [0.15, 0.2) is 24.3 Å². The number of benzene rings is 1. The maximum Gasteiger partial charge on any atom is 0.115 e. The van der Waals surface area contributed by atoms with Crippen molar-refractivity contribution >= 4 is 17.8 Å². The second kappa shape index (κ2) is 9.57. The smallest absolute Gasteiger partial charge is 0.115 e. The highest BCUT2D eigenvalue weighted by Gasteiger charge is 2.14. The van der Waals surface area contributed by atoms with Crippen LogP contribution in [0.4, 0.5) is 5.69 Å². The van der Waals surface area contributed by atoms with Crippen LogP contribution in [0.2, 0.25) is 0 Å². The number of phenols is 1. The van der Waals surface area contributed by atoms with Crippen LogP contribution in [-0.4, -0.2) is 29.5 Å². The molecule has 0 aromatic heterocycles. The second-order valence-corrected chi connectivity index (χ2v) is 6.02. The Balaban J connectivity index is 0.000000343. The maximum atomic E-state index is 9.19. The van der Waals surface area contributed by atoms with E-state index in [9.17, 15) is 5.11 Å². The standard InChI is InChI=1S/C11H16N2OS.C3H6.C2H2/c1-12(15-13-8-2-3-9-13)10-4-6-11(14)7-5-10;1-2-3-1;1-2/h4-7,14H,2-3,8-9H2,1H3;1-3H2;1-2H. The maximum absolute atomic E-state index is 9.19. The fraction of sp³-hybridized carbons (Fsp3) is 0.500. The Labute approximate surface area is 127 Å². The SMILES string of the molecule is C#C.C1CC1.CN(SN1CCCC1)c1ccc(O)cc1. The molecule has 4 heteroatoms. The van der Waals surface area contributed by atoms with E-state index in [0.717, 1.165) is 5.69 Å². The molecular formula is C16H24N2OS. The number of nitrogens with zero attached hydrogens (tertiary/aromatic N) is 2. The fourth-order valence-electron chi connectivity index (χ4n) is 1.65. The zero-order chi connectivity index (χ0) is 14.8. The van der Waals surface area contributed by atoms with Gasteiger partial charge in [-0.1, -0.05) is 19.3 Å². The molecule has 3 rings (SSSR count). The van der Waals surface area contributed by atoms with E-state index in [1.54, 1.807) is 24.3 Å². The molecular weight excluding hydrogens is 268 g/mol. The van der Waals surface area contributed by atoms with E-state index in [0.29, 0.717) is 5.75 Å². The summed E-state index contributed by atoms with van der Waals surface area (Å²) in [6.45, 7) is 2.35. The summed E-state index contributed by atoms with van der Waals surface area (Å²) in [5.74, 6) is 0.318. The van der Waals surface area contributed by atoms with Crippen LogP contribution < -0.4 is 4.31 Å². The minimum atomic E-state index is 0.318. The molecule has 1 aliphatic carbocycles. The van der Waals surface area contributed by atoms with Crippen molar-refractivity contribution in [1.82, 2.24) is 4.31 Å². The summed E-state index contributed by atoms with van der Waals surface area (Å²) in [5.41, 5.74) is 1.12. The Bertz CT molecular complexity index is 380. The molecule has 0 bridgehead atoms. The first-order valence-electron chi connectivity index (χ1n) is 7.05. The number of hydrogen-bond acceptors (Lipinski definition) is 4. The van der Waals surface area contributed by atoms with Crippen LogP contribution in [0.1, 0.15) is 32.1 Å². The Morgan fingerprint density at radius 3 is 1.95 bits per heavy atom. The van der Waals surface area contributed by atoms with Gasteiger partial charge in [0.05, 0.1) is 0 Å². The lowest BCUT2D eigenvalue weighted by Crippen LogP contribution is -2.19. The van der Waals surface area contributed by atoms with Crippen molar-refractivity contribution in [2.24, 2.45) is 0 Å². The summed E-state index contributed by atoms with van der Waals surface area (Å²) < 4.78 is 4.50. The zero-order valence-electron chi connectivity index (χ0n) is 12.2. The average molecular weight is 292 g/mol. The van der Waals surface area contributed by atoms with E-state index in [1.807, 2.05) is 12.1 Å². The minimum absolute atomic E-state index is 0.318. The van der Waals surface area contributed by atoms with E-state index in [1.165, 1.54) is 45.2 Å². The van der Waals surface area contributed by atoms with Crippen molar-refractivity contribution in [3.63, 3.8) is 0 Å². The number of rotatable bonds is 3. The summed E-state index contributed by atoms with van der Waals surface area (Å²) in [7, 11) is 2.05. The van der Waals surface area contributed by atoms with Crippen LogP contribution >= 0.6 is 12.1 Å². The van der Waals surface area contributed by atoms with E-state index in [-0.39, 0.29) is 0 Å². The molecule has 20 heavy (non-hydrogen) atoms. The first-order chi connectivity index (χ1) is 9.75. The predicted octanol–water partition coefficient (Wildman–Crippen LogP) is 3.91. The molecule has 0 unspecified atom stereocenters. The summed E-state index contributed by atoms with van der Waals surface area (Å²) in [6.07, 6.45) is 15.1. The van der Waals surface area contributed by atoms with Gasteiger partial charge in [-0.05, 0) is 37.1 Å². The third-order valence-electron chi connectivity index (χ3n) is 2.87. The van der Waals surface area contributed by atoms with Gasteiger partial charge in [0.25, 0.3) is 0 Å². The van der Waals surface area contributed by atoms with E-state index in [4.69, 9.17) is 0 Å². The minimum Gasteiger partial charge on any atom is -0.508 e. The first-order valence-corrected chi connectivity index (χ1v) is 7.78. The zero-order valence-corrected chi connectivity index (χ0v) is 13.0. The lowest BCUT2D eigenvalue weighted by atomic mass is 10.3. The number of anilines is 1. The van der Waals surface area contributed by atoms with Crippen molar-refractivity contribution in [3.8, 4) is 18.6 Å². The predicted molar refractivity (Wildman–Crippen MR) is 88.6 cm³/mol. The highest BCUT2D eigenvalue weighted by molar-refractivity contribution is 7.98. The summed E-state index contributed by atoms with van der Waals surface area (Å²) >= 11 is 1.75. The van der Waals surface area contributed by atoms with Crippen LogP contribution in [0.3, 0.4) is 0 Å². The third-order valence-corrected chi connectivity index (χ3v) is 3.92. The van der Waals surface area contributed by atoms with Crippen molar-refractivity contribution in [3.05, 3.63) is 24.3 Å². The molecule has 1 saturated carbocycles. The number of phenolic OH excluding ortho intramolecular Hbond substituents is 1. The van der Waals surface area contributed by atoms with Crippen molar-refractivity contribution < 1.29 is 5.11 Å². The van der Waals surface area contributed by atoms with Crippen molar-refractivity contribution in [1.29, 1.82) is 0 Å². The Morgan fingerprint density at radius 2 is 1.50 bits per heavy atom. The summed E-state index contributed by atoms with van der Waals surface area (Å²) in [4.78, 5) is 0. The van der Waals surface area contributed by atoms with Crippen LogP contribution in [-0.2, 0) is 0 Å². The highest BCUT2D eigenvalue weighted by Crippen LogP contribution is 2.27. The van der Waals surface area contributed by atoms with Gasteiger partial charge in [0.15, 0.2) is 0 Å². The highest BCUT2D eigenvalue weighted by atomic mass is 32.2. The van der Waals surface area contributed by atoms with Crippen molar-refractivity contribution in [2.75, 3.05) is 24.4 Å². The first kappa shape index (κ1) is 16.7. The van der Waals surface area contributed by atoms with Gasteiger partial charge in [-0.25, -0.2) is 4.31 Å². The Morgan fingerprint density at radius 1 is 1.00 bits per heavy atom. The van der Waals surface area contributed by atoms with E-state index >= 15 is 0 Å². The Kier molecular flexibility index (Phi) is 8.01. The van der Waals surface area contributed by atoms with Gasteiger partial charge in [0, 0.05) is 38.0 Å². The quantitative estimate of drug-likeness (QED) is 0.675. The molecule has 0 amide bonds. The van der Waals surface area contributed by atoms with Gasteiger partial charge < -0.3 is 9.41 Å². The summed E-state index contributed by atoms with van der Waals surface area (Å²) in [5, 5.41) is 9.19. The lowest BCUT2D eigenvalue weighted by Gasteiger charge is -2.23. The van der Waals surface area contributed by atoms with Gasteiger partial charge in [-0.3, -0.25) is 0 Å². The Hall–Kier alpha value is -1.31. The monoisotopic (exact) mass is 292 g/mol. The molecule has 1 N–H and O–H groups in total. The molecule has 2 fully saturated rings. The molecule has 110 valence electrons. The number of terminal acetylenes is 1. The van der Waals surface area contributed by atoms with Crippen LogP contribution in [0.5, 0.6) is 5.75 Å². The third kappa shape index (κ3) is 6.74. The van der Waals surface area contributed by atoms with Gasteiger partial charge in [0.1, 0.15) is 5.75 Å². The largest absolute Gasteiger partial charge is 0.508 e. The molecule has 0 spiro atoms. The normalized spacial score (nSPS) is 16.4. The van der Waals surface area contributed by atoms with Gasteiger partial charge >= 0.3 is 0 Å². The fourth-order valence-corrected chi connectivity index (χ4v) is 2.64. The number of aromatic hydroxyl groups is 1. The molecule has 1 aliphatic heterocycles. The van der Waals surface area contributed by atoms with Crippen LogP contribution in [0.25, 0.3) is 0 Å². The molecule has 1 heterocycles. The topological polar surface area (TPSA) is 26.7 Å². The second-order valence-electron chi connectivity index (χ2n) is 4.79. The number of hydrogen-bond donors (Lipinski definition) is 1. The molecule has 3 nitrogen and oxygen atoms in total. The molecule has 2 aliphatic rings. The van der Waals surface area contributed by atoms with Crippen molar-refractivity contribution in [2.45, 2.75) is 32.1 Å².